The molecular weight excluding hydrogens is 337 g/mol. The average Bonchev–Trinajstić information content (AvgIpc) is 3.29. The van der Waals surface area contributed by atoms with Crippen LogP contribution in [0.15, 0.2) is 30.7 Å². The van der Waals surface area contributed by atoms with Crippen molar-refractivity contribution in [1.82, 2.24) is 25.0 Å². The molecule has 0 spiro atoms. The summed E-state index contributed by atoms with van der Waals surface area (Å²) in [4.78, 5) is 20.7. The fourth-order valence-corrected chi connectivity index (χ4v) is 3.68. The largest absolute Gasteiger partial charge is 0.378 e. The SMILES string of the molecule is O=C([C@@H]1C[C@@H](F)CN1Cc1cn[nH]c1-c1cccnc1)N1CCOCC1. The maximum absolute atomic E-state index is 14.1. The number of hydrogen-bond acceptors (Lipinski definition) is 5. The zero-order valence-electron chi connectivity index (χ0n) is 14.5. The number of ether oxygens (including phenoxy) is 1. The molecule has 7 nitrogen and oxygen atoms in total. The first-order chi connectivity index (χ1) is 12.7. The molecule has 1 amide bonds. The lowest BCUT2D eigenvalue weighted by atomic mass is 10.1. The normalized spacial score (nSPS) is 24.1. The van der Waals surface area contributed by atoms with Gasteiger partial charge < -0.3 is 9.64 Å². The van der Waals surface area contributed by atoms with E-state index in [9.17, 15) is 9.18 Å². The van der Waals surface area contributed by atoms with Crippen molar-refractivity contribution in [2.75, 3.05) is 32.8 Å². The van der Waals surface area contributed by atoms with Gasteiger partial charge in [-0.15, -0.1) is 0 Å². The molecule has 2 aromatic heterocycles. The summed E-state index contributed by atoms with van der Waals surface area (Å²) in [5.41, 5.74) is 2.72. The molecule has 2 saturated heterocycles. The minimum absolute atomic E-state index is 0.000118. The Hall–Kier alpha value is -2.32. The predicted octanol–water partition coefficient (Wildman–Crippen LogP) is 1.24. The lowest BCUT2D eigenvalue weighted by molar-refractivity contribution is -0.140. The van der Waals surface area contributed by atoms with E-state index >= 15 is 0 Å². The van der Waals surface area contributed by atoms with Gasteiger partial charge in [-0.05, 0) is 12.1 Å². The fraction of sp³-hybridized carbons (Fsp3) is 0.500. The van der Waals surface area contributed by atoms with Crippen molar-refractivity contribution in [2.24, 2.45) is 0 Å². The number of hydrogen-bond donors (Lipinski definition) is 1. The number of H-pyrrole nitrogens is 1. The van der Waals surface area contributed by atoms with Gasteiger partial charge in [0.15, 0.2) is 0 Å². The van der Waals surface area contributed by atoms with E-state index < -0.39 is 12.2 Å². The number of aromatic amines is 1. The third kappa shape index (κ3) is 3.47. The molecule has 0 saturated carbocycles. The van der Waals surface area contributed by atoms with Crippen LogP contribution in [0.5, 0.6) is 0 Å². The van der Waals surface area contributed by atoms with Crippen LogP contribution in [-0.2, 0) is 16.1 Å². The maximum atomic E-state index is 14.1. The molecule has 0 unspecified atom stereocenters. The van der Waals surface area contributed by atoms with E-state index in [0.29, 0.717) is 32.8 Å². The molecule has 4 heterocycles. The highest BCUT2D eigenvalue weighted by molar-refractivity contribution is 5.82. The van der Waals surface area contributed by atoms with E-state index in [4.69, 9.17) is 4.74 Å². The molecule has 0 aromatic carbocycles. The molecule has 4 rings (SSSR count). The quantitative estimate of drug-likeness (QED) is 0.889. The zero-order valence-corrected chi connectivity index (χ0v) is 14.5. The summed E-state index contributed by atoms with van der Waals surface area (Å²) < 4.78 is 19.4. The minimum Gasteiger partial charge on any atom is -0.378 e. The van der Waals surface area contributed by atoms with Crippen molar-refractivity contribution >= 4 is 5.91 Å². The molecule has 2 aromatic rings. The van der Waals surface area contributed by atoms with E-state index in [0.717, 1.165) is 16.8 Å². The lowest BCUT2D eigenvalue weighted by Crippen LogP contribution is -2.49. The third-order valence-electron chi connectivity index (χ3n) is 5.00. The van der Waals surface area contributed by atoms with Crippen LogP contribution in [0.3, 0.4) is 0 Å². The van der Waals surface area contributed by atoms with Gasteiger partial charge >= 0.3 is 0 Å². The Labute approximate surface area is 151 Å². The van der Waals surface area contributed by atoms with Gasteiger partial charge in [0.25, 0.3) is 0 Å². The topological polar surface area (TPSA) is 74.4 Å². The Bertz CT molecular complexity index is 747. The number of carbonyl (C=O) groups is 1. The number of carbonyl (C=O) groups excluding carboxylic acids is 1. The van der Waals surface area contributed by atoms with Gasteiger partial charge in [0.05, 0.1) is 31.1 Å². The molecule has 2 fully saturated rings. The number of nitrogens with zero attached hydrogens (tertiary/aromatic N) is 4. The number of rotatable bonds is 4. The molecule has 26 heavy (non-hydrogen) atoms. The van der Waals surface area contributed by atoms with Gasteiger partial charge in [-0.1, -0.05) is 0 Å². The Balaban J connectivity index is 1.52. The first kappa shape index (κ1) is 17.1. The first-order valence-corrected chi connectivity index (χ1v) is 8.89. The van der Waals surface area contributed by atoms with Crippen molar-refractivity contribution in [2.45, 2.75) is 25.2 Å². The zero-order chi connectivity index (χ0) is 17.9. The van der Waals surface area contributed by atoms with Gasteiger partial charge in [-0.3, -0.25) is 19.8 Å². The first-order valence-electron chi connectivity index (χ1n) is 8.89. The summed E-state index contributed by atoms with van der Waals surface area (Å²) in [5, 5.41) is 7.13. The smallest absolute Gasteiger partial charge is 0.240 e. The van der Waals surface area contributed by atoms with Crippen molar-refractivity contribution in [3.05, 3.63) is 36.3 Å². The highest BCUT2D eigenvalue weighted by Crippen LogP contribution is 2.28. The Morgan fingerprint density at radius 3 is 2.96 bits per heavy atom. The van der Waals surface area contributed by atoms with Crippen LogP contribution in [0.25, 0.3) is 11.3 Å². The third-order valence-corrected chi connectivity index (χ3v) is 5.00. The van der Waals surface area contributed by atoms with Gasteiger partial charge in [0.1, 0.15) is 6.17 Å². The van der Waals surface area contributed by atoms with Gasteiger partial charge in [0, 0.05) is 56.1 Å². The Kier molecular flexibility index (Phi) is 4.94. The van der Waals surface area contributed by atoms with E-state index in [-0.39, 0.29) is 18.9 Å². The second-order valence-electron chi connectivity index (χ2n) is 6.73. The van der Waals surface area contributed by atoms with Crippen molar-refractivity contribution in [3.8, 4) is 11.3 Å². The number of likely N-dealkylation sites (tertiary alicyclic amines) is 1. The van der Waals surface area contributed by atoms with Crippen LogP contribution in [0, 0.1) is 0 Å². The number of halogens is 1. The molecule has 0 bridgehead atoms. The van der Waals surface area contributed by atoms with E-state index in [2.05, 4.69) is 15.2 Å². The molecule has 0 radical (unpaired) electrons. The van der Waals surface area contributed by atoms with E-state index in [1.165, 1.54) is 0 Å². The van der Waals surface area contributed by atoms with Gasteiger partial charge in [0.2, 0.25) is 5.91 Å². The molecular formula is C18H22FN5O2. The Morgan fingerprint density at radius 1 is 1.35 bits per heavy atom. The summed E-state index contributed by atoms with van der Waals surface area (Å²) in [7, 11) is 0. The summed E-state index contributed by atoms with van der Waals surface area (Å²) in [6.07, 6.45) is 4.47. The van der Waals surface area contributed by atoms with Crippen LogP contribution in [0.2, 0.25) is 0 Å². The highest BCUT2D eigenvalue weighted by Gasteiger charge is 2.39. The van der Waals surface area contributed by atoms with Crippen molar-refractivity contribution in [1.29, 1.82) is 0 Å². The monoisotopic (exact) mass is 359 g/mol. The van der Waals surface area contributed by atoms with Crippen LogP contribution >= 0.6 is 0 Å². The molecule has 1 N–H and O–H groups in total. The van der Waals surface area contributed by atoms with Crippen molar-refractivity contribution in [3.63, 3.8) is 0 Å². The molecule has 2 aliphatic rings. The number of amides is 1. The van der Waals surface area contributed by atoms with E-state index in [1.807, 2.05) is 17.0 Å². The highest BCUT2D eigenvalue weighted by atomic mass is 19.1. The fourth-order valence-electron chi connectivity index (χ4n) is 3.68. The summed E-state index contributed by atoms with van der Waals surface area (Å²) in [5.74, 6) is -0.000118. The second kappa shape index (κ2) is 7.51. The van der Waals surface area contributed by atoms with E-state index in [1.54, 1.807) is 23.5 Å². The molecule has 0 aliphatic carbocycles. The molecule has 2 aliphatic heterocycles. The number of pyridine rings is 1. The predicted molar refractivity (Wildman–Crippen MR) is 92.9 cm³/mol. The van der Waals surface area contributed by atoms with Gasteiger partial charge in [-0.25, -0.2) is 4.39 Å². The number of nitrogens with one attached hydrogen (secondary N) is 1. The summed E-state index contributed by atoms with van der Waals surface area (Å²) in [6, 6.07) is 3.38. The lowest BCUT2D eigenvalue weighted by Gasteiger charge is -2.32. The Morgan fingerprint density at radius 2 is 2.19 bits per heavy atom. The van der Waals surface area contributed by atoms with Crippen LogP contribution < -0.4 is 0 Å². The number of aromatic nitrogens is 3. The van der Waals surface area contributed by atoms with Crippen LogP contribution in [-0.4, -0.2) is 75.9 Å². The minimum atomic E-state index is -0.987. The number of alkyl halides is 1. The molecule has 2 atom stereocenters. The second-order valence-corrected chi connectivity index (χ2v) is 6.73. The summed E-state index contributed by atoms with van der Waals surface area (Å²) >= 11 is 0. The standard InChI is InChI=1S/C18H22FN5O2/c19-15-8-16(18(25)23-4-6-26-7-5-23)24(12-15)11-14-10-21-22-17(14)13-2-1-3-20-9-13/h1-3,9-10,15-16H,4-8,11-12H2,(H,21,22)/t15-,16+/m1/s1. The maximum Gasteiger partial charge on any atom is 0.240 e. The van der Waals surface area contributed by atoms with Gasteiger partial charge in [-0.2, -0.15) is 5.10 Å². The van der Waals surface area contributed by atoms with Crippen LogP contribution in [0.4, 0.5) is 4.39 Å². The van der Waals surface area contributed by atoms with Crippen LogP contribution in [0.1, 0.15) is 12.0 Å². The average molecular weight is 359 g/mol. The van der Waals surface area contributed by atoms with Crippen molar-refractivity contribution < 1.29 is 13.9 Å². The molecule has 138 valence electrons. The summed E-state index contributed by atoms with van der Waals surface area (Å²) in [6.45, 7) is 2.98. The molecule has 8 heteroatoms. The number of morpholine rings is 1.